The number of anilines is 2. The van der Waals surface area contributed by atoms with Gasteiger partial charge >= 0.3 is 12.2 Å². The number of amides is 6. The summed E-state index contributed by atoms with van der Waals surface area (Å²) in [6.45, 7) is 2.11. The monoisotopic (exact) mass is 847 g/mol. The third kappa shape index (κ3) is 9.64. The fourth-order valence-corrected chi connectivity index (χ4v) is 8.39. The Balaban J connectivity index is 1.12. The van der Waals surface area contributed by atoms with Crippen LogP contribution in [0.15, 0.2) is 97.1 Å². The van der Waals surface area contributed by atoms with Crippen LogP contribution in [0.4, 0.5) is 21.0 Å². The number of aromatic nitrogens is 1. The molecule has 3 heterocycles. The molecule has 2 aliphatic heterocycles. The van der Waals surface area contributed by atoms with Crippen LogP contribution in [-0.4, -0.2) is 112 Å². The average molecular weight is 848 g/mol. The van der Waals surface area contributed by atoms with Gasteiger partial charge in [-0.3, -0.25) is 19.2 Å². The Morgan fingerprint density at radius 1 is 0.629 bits per heavy atom. The summed E-state index contributed by atoms with van der Waals surface area (Å²) in [6.07, 6.45) is -0.765. The molecule has 0 spiro atoms. The molecule has 2 fully saturated rings. The van der Waals surface area contributed by atoms with Gasteiger partial charge < -0.3 is 55.3 Å². The molecule has 62 heavy (non-hydrogen) atoms. The number of likely N-dealkylation sites (tertiary alicyclic amines) is 2. The van der Waals surface area contributed by atoms with Crippen LogP contribution in [0.1, 0.15) is 48.9 Å². The number of fused-ring (bicyclic) bond motifs is 3. The average Bonchev–Trinajstić information content (AvgIpc) is 4.03. The molecule has 6 amide bonds. The summed E-state index contributed by atoms with van der Waals surface area (Å²) in [4.78, 5) is 81.6. The van der Waals surface area contributed by atoms with E-state index in [-0.39, 0.29) is 0 Å². The van der Waals surface area contributed by atoms with Gasteiger partial charge in [-0.15, -0.1) is 0 Å². The van der Waals surface area contributed by atoms with E-state index in [2.05, 4.69) is 21.3 Å². The fourth-order valence-electron chi connectivity index (χ4n) is 8.39. The van der Waals surface area contributed by atoms with Crippen molar-refractivity contribution in [2.75, 3.05) is 50.7 Å². The predicted molar refractivity (Wildman–Crippen MR) is 230 cm³/mol. The summed E-state index contributed by atoms with van der Waals surface area (Å²) >= 11 is 0. The number of rotatable bonds is 16. The van der Waals surface area contributed by atoms with E-state index in [4.69, 9.17) is 9.47 Å². The van der Waals surface area contributed by atoms with Gasteiger partial charge in [0.25, 0.3) is 11.8 Å². The van der Waals surface area contributed by atoms with E-state index in [0.717, 1.165) is 21.8 Å². The normalized spacial score (nSPS) is 17.1. The molecule has 7 rings (SSSR count). The summed E-state index contributed by atoms with van der Waals surface area (Å²) in [6, 6.07) is 24.1. The highest BCUT2D eigenvalue weighted by Crippen LogP contribution is 2.34. The SMILES string of the molecule is COCCOCCn1c2cc(NC(=O)[C@@H]3CCCN3C(=O)C(NC(=O)O)c3ccccc3)ccc2c2ccc(NC(=O)[C@@H]3CCCN3C(=O)C(NC(=O)O)c3ccccc3)cc21. The molecule has 0 radical (unpaired) electrons. The molecule has 4 aromatic carbocycles. The second kappa shape index (κ2) is 19.6. The molecule has 2 aliphatic rings. The highest BCUT2D eigenvalue weighted by atomic mass is 16.5. The Morgan fingerprint density at radius 2 is 1.08 bits per heavy atom. The first kappa shape index (κ1) is 43.1. The highest BCUT2D eigenvalue weighted by molar-refractivity contribution is 6.11. The number of nitrogens with zero attached hydrogens (tertiary/aromatic N) is 3. The second-order valence-corrected chi connectivity index (χ2v) is 15.2. The number of carbonyl (C=O) groups is 6. The molecule has 17 nitrogen and oxygen atoms in total. The predicted octanol–water partition coefficient (Wildman–Crippen LogP) is 5.33. The van der Waals surface area contributed by atoms with Crippen molar-refractivity contribution in [2.45, 2.75) is 56.4 Å². The van der Waals surface area contributed by atoms with Gasteiger partial charge in [0.15, 0.2) is 0 Å². The number of methoxy groups -OCH3 is 1. The molecular formula is C45H49N7O10. The van der Waals surface area contributed by atoms with E-state index in [1.807, 2.05) is 28.8 Å². The number of hydrogen-bond acceptors (Lipinski definition) is 8. The summed E-state index contributed by atoms with van der Waals surface area (Å²) in [5.41, 5.74) is 3.46. The van der Waals surface area contributed by atoms with Gasteiger partial charge in [-0.05, 0) is 61.1 Å². The lowest BCUT2D eigenvalue weighted by molar-refractivity contribution is -0.138. The maximum absolute atomic E-state index is 13.9. The minimum atomic E-state index is -1.36. The molecule has 5 aromatic rings. The van der Waals surface area contributed by atoms with Crippen molar-refractivity contribution in [1.29, 1.82) is 0 Å². The standard InChI is InChI=1S/C45H49N7O10/c1-61-24-25-62-23-22-50-36-26-30(46-40(53)34-14-8-20-51(34)42(55)38(48-44(57)58)28-10-4-2-5-11-28)16-18-32(36)33-19-17-31(27-37(33)50)47-41(54)35-15-9-21-52(35)43(56)39(49-45(59)60)29-12-6-3-7-13-29/h2-7,10-13,16-19,26-27,34-35,38-39,48-49H,8-9,14-15,20-25H2,1H3,(H,46,53)(H,47,54)(H,57,58)(H,59,60)/t34-,35-,38?,39?/m0/s1. The zero-order valence-corrected chi connectivity index (χ0v) is 34.1. The molecule has 2 unspecified atom stereocenters. The minimum absolute atomic E-state index is 0.294. The lowest BCUT2D eigenvalue weighted by Gasteiger charge is -2.28. The van der Waals surface area contributed by atoms with E-state index in [9.17, 15) is 39.0 Å². The fraction of sp³-hybridized carbons (Fsp3) is 0.333. The van der Waals surface area contributed by atoms with Crippen molar-refractivity contribution in [1.82, 2.24) is 25.0 Å². The van der Waals surface area contributed by atoms with E-state index >= 15 is 0 Å². The largest absolute Gasteiger partial charge is 0.465 e. The third-order valence-corrected chi connectivity index (χ3v) is 11.3. The lowest BCUT2D eigenvalue weighted by atomic mass is 10.0. The first-order valence-corrected chi connectivity index (χ1v) is 20.5. The molecule has 4 atom stereocenters. The van der Waals surface area contributed by atoms with Crippen LogP contribution in [0.25, 0.3) is 21.8 Å². The quantitative estimate of drug-likeness (QED) is 0.0701. The Kier molecular flexibility index (Phi) is 13.6. The van der Waals surface area contributed by atoms with Crippen molar-refractivity contribution in [3.05, 3.63) is 108 Å². The van der Waals surface area contributed by atoms with Gasteiger partial charge in [-0.25, -0.2) is 9.59 Å². The number of carboxylic acid groups (broad SMARTS) is 2. The van der Waals surface area contributed by atoms with Crippen LogP contribution in [0.5, 0.6) is 0 Å². The number of nitrogens with one attached hydrogen (secondary N) is 4. The molecule has 0 aliphatic carbocycles. The summed E-state index contributed by atoms with van der Waals surface area (Å²) in [5, 5.41) is 31.4. The van der Waals surface area contributed by atoms with Crippen LogP contribution in [0.2, 0.25) is 0 Å². The molecule has 17 heteroatoms. The smallest absolute Gasteiger partial charge is 0.405 e. The highest BCUT2D eigenvalue weighted by Gasteiger charge is 2.40. The van der Waals surface area contributed by atoms with Crippen molar-refractivity contribution in [2.24, 2.45) is 0 Å². The zero-order chi connectivity index (χ0) is 43.8. The number of hydrogen-bond donors (Lipinski definition) is 6. The van der Waals surface area contributed by atoms with E-state index in [0.29, 0.717) is 87.6 Å². The Hall–Kier alpha value is -6.98. The molecular weight excluding hydrogens is 799 g/mol. The third-order valence-electron chi connectivity index (χ3n) is 11.3. The van der Waals surface area contributed by atoms with Gasteiger partial charge in [-0.2, -0.15) is 0 Å². The first-order chi connectivity index (χ1) is 30.0. The first-order valence-electron chi connectivity index (χ1n) is 20.5. The van der Waals surface area contributed by atoms with Crippen molar-refractivity contribution < 1.29 is 48.5 Å². The minimum Gasteiger partial charge on any atom is -0.465 e. The summed E-state index contributed by atoms with van der Waals surface area (Å²) in [5.74, 6) is -1.83. The van der Waals surface area contributed by atoms with Crippen LogP contribution in [0.3, 0.4) is 0 Å². The Bertz CT molecular complexity index is 2280. The van der Waals surface area contributed by atoms with Crippen LogP contribution in [-0.2, 0) is 35.2 Å². The van der Waals surface area contributed by atoms with Gasteiger partial charge in [0.1, 0.15) is 24.2 Å². The Labute approximate surface area is 356 Å². The number of ether oxygens (including phenoxy) is 2. The number of carbonyl (C=O) groups excluding carboxylic acids is 4. The van der Waals surface area contributed by atoms with Crippen molar-refractivity contribution >= 4 is 69.0 Å². The summed E-state index contributed by atoms with van der Waals surface area (Å²) < 4.78 is 13.0. The van der Waals surface area contributed by atoms with Crippen LogP contribution in [0, 0.1) is 0 Å². The molecule has 1 aromatic heterocycles. The molecule has 0 bridgehead atoms. The van der Waals surface area contributed by atoms with Gasteiger partial charge in [0, 0.05) is 48.9 Å². The molecule has 0 saturated carbocycles. The van der Waals surface area contributed by atoms with Gasteiger partial charge in [-0.1, -0.05) is 72.8 Å². The van der Waals surface area contributed by atoms with E-state index in [1.165, 1.54) is 9.80 Å². The molecule has 6 N–H and O–H groups in total. The van der Waals surface area contributed by atoms with Crippen LogP contribution >= 0.6 is 0 Å². The van der Waals surface area contributed by atoms with Crippen LogP contribution < -0.4 is 21.3 Å². The van der Waals surface area contributed by atoms with Crippen molar-refractivity contribution in [3.63, 3.8) is 0 Å². The summed E-state index contributed by atoms with van der Waals surface area (Å²) in [7, 11) is 1.59. The maximum atomic E-state index is 13.9. The van der Waals surface area contributed by atoms with Crippen molar-refractivity contribution in [3.8, 4) is 0 Å². The van der Waals surface area contributed by atoms with Gasteiger partial charge in [0.2, 0.25) is 11.8 Å². The second-order valence-electron chi connectivity index (χ2n) is 15.2. The maximum Gasteiger partial charge on any atom is 0.405 e. The number of benzene rings is 4. The molecule has 324 valence electrons. The van der Waals surface area contributed by atoms with E-state index in [1.54, 1.807) is 79.9 Å². The van der Waals surface area contributed by atoms with Gasteiger partial charge in [0.05, 0.1) is 30.9 Å². The van der Waals surface area contributed by atoms with E-state index < -0.39 is 60.0 Å². The Morgan fingerprint density at radius 3 is 1.50 bits per heavy atom. The topological polar surface area (TPSA) is 221 Å². The zero-order valence-electron chi connectivity index (χ0n) is 34.1. The lowest BCUT2D eigenvalue weighted by Crippen LogP contribution is -2.48. The molecule has 2 saturated heterocycles.